The van der Waals surface area contributed by atoms with Crippen LogP contribution in [0.25, 0.3) is 11.0 Å². The number of aliphatic hydroxyl groups is 1. The first-order chi connectivity index (χ1) is 17.4. The van der Waals surface area contributed by atoms with Gasteiger partial charge < -0.3 is 30.5 Å². The van der Waals surface area contributed by atoms with Crippen molar-refractivity contribution in [3.8, 4) is 5.75 Å². The number of anilines is 2. The first-order valence-corrected chi connectivity index (χ1v) is 12.8. The minimum Gasteiger partial charge on any atom is -0.496 e. The summed E-state index contributed by atoms with van der Waals surface area (Å²) in [6.07, 6.45) is 5.93. The number of hydrogen-bond donors (Lipinski definition) is 3. The highest BCUT2D eigenvalue weighted by molar-refractivity contribution is 5.86. The van der Waals surface area contributed by atoms with Crippen LogP contribution in [-0.4, -0.2) is 70.4 Å². The molecule has 2 aromatic heterocycles. The predicted molar refractivity (Wildman–Crippen MR) is 141 cm³/mol. The minimum atomic E-state index is 0.0289. The number of aromatic nitrogens is 4. The highest BCUT2D eigenvalue weighted by Gasteiger charge is 2.26. The third kappa shape index (κ3) is 6.24. The van der Waals surface area contributed by atoms with Crippen molar-refractivity contribution in [2.24, 2.45) is 0 Å². The van der Waals surface area contributed by atoms with E-state index in [1.165, 1.54) is 5.56 Å². The Morgan fingerprint density at radius 2 is 2.06 bits per heavy atom. The van der Waals surface area contributed by atoms with Crippen LogP contribution in [0.5, 0.6) is 5.75 Å². The van der Waals surface area contributed by atoms with Gasteiger partial charge in [0.05, 0.1) is 26.5 Å². The molecular weight excluding hydrogens is 458 g/mol. The van der Waals surface area contributed by atoms with Crippen molar-refractivity contribution >= 4 is 22.8 Å². The van der Waals surface area contributed by atoms with Gasteiger partial charge in [0.15, 0.2) is 11.3 Å². The molecule has 1 aliphatic heterocycles. The lowest BCUT2D eigenvalue weighted by molar-refractivity contribution is 0.0446. The Balaban J connectivity index is 1.54. The van der Waals surface area contributed by atoms with Crippen LogP contribution in [0, 0.1) is 0 Å². The van der Waals surface area contributed by atoms with Crippen LogP contribution < -0.4 is 20.7 Å². The zero-order chi connectivity index (χ0) is 25.5. The van der Waals surface area contributed by atoms with Crippen LogP contribution in [-0.2, 0) is 17.8 Å². The number of fused-ring (bicyclic) bond motifs is 1. The molecular formula is C26H39N7O3. The molecule has 1 fully saturated rings. The van der Waals surface area contributed by atoms with E-state index in [1.807, 2.05) is 15.8 Å². The number of methoxy groups -OCH3 is 1. The Bertz CT molecular complexity index is 1140. The molecule has 1 aliphatic rings. The van der Waals surface area contributed by atoms with E-state index in [4.69, 9.17) is 20.3 Å². The van der Waals surface area contributed by atoms with E-state index in [1.54, 1.807) is 7.11 Å². The third-order valence-electron chi connectivity index (χ3n) is 6.86. The molecule has 4 rings (SSSR count). The normalized spacial score (nSPS) is 15.3. The third-order valence-corrected chi connectivity index (χ3v) is 6.86. The second-order valence-corrected chi connectivity index (χ2v) is 9.70. The molecule has 1 saturated heterocycles. The van der Waals surface area contributed by atoms with Gasteiger partial charge in [-0.2, -0.15) is 10.1 Å². The summed E-state index contributed by atoms with van der Waals surface area (Å²) in [4.78, 5) is 10.9. The summed E-state index contributed by atoms with van der Waals surface area (Å²) in [6, 6.07) is 6.31. The van der Waals surface area contributed by atoms with E-state index in [0.717, 1.165) is 63.3 Å². The lowest BCUT2D eigenvalue weighted by Crippen LogP contribution is -2.46. The summed E-state index contributed by atoms with van der Waals surface area (Å²) >= 11 is 0. The fourth-order valence-electron chi connectivity index (χ4n) is 4.57. The number of nitrogens with zero attached hydrogens (tertiary/aromatic N) is 5. The van der Waals surface area contributed by atoms with E-state index >= 15 is 0 Å². The summed E-state index contributed by atoms with van der Waals surface area (Å²) in [5, 5.41) is 18.1. The maximum Gasteiger partial charge on any atom is 0.222 e. The van der Waals surface area contributed by atoms with E-state index < -0.39 is 0 Å². The minimum absolute atomic E-state index is 0.0289. The molecule has 10 nitrogen and oxygen atoms in total. The van der Waals surface area contributed by atoms with Crippen LogP contribution in [0.2, 0.25) is 0 Å². The molecule has 0 bridgehead atoms. The Morgan fingerprint density at radius 1 is 1.25 bits per heavy atom. The zero-order valence-corrected chi connectivity index (χ0v) is 21.7. The second kappa shape index (κ2) is 11.9. The Kier molecular flexibility index (Phi) is 8.60. The SMILES string of the molecule is CCCCN(CCO)c1nc(N)nc2cn(Cc3ccc(CNC4(C)CCOCC4)cc3OC)nc12. The van der Waals surface area contributed by atoms with Crippen molar-refractivity contribution in [3.63, 3.8) is 0 Å². The molecule has 0 atom stereocenters. The number of rotatable bonds is 12. The van der Waals surface area contributed by atoms with E-state index in [9.17, 15) is 5.11 Å². The van der Waals surface area contributed by atoms with Crippen molar-refractivity contribution in [2.75, 3.05) is 50.7 Å². The monoisotopic (exact) mass is 497 g/mol. The predicted octanol–water partition coefficient (Wildman–Crippen LogP) is 2.72. The van der Waals surface area contributed by atoms with Gasteiger partial charge in [-0.1, -0.05) is 25.5 Å². The second-order valence-electron chi connectivity index (χ2n) is 9.70. The highest BCUT2D eigenvalue weighted by Crippen LogP contribution is 2.27. The van der Waals surface area contributed by atoms with Gasteiger partial charge in [0.25, 0.3) is 0 Å². The molecule has 3 heterocycles. The largest absolute Gasteiger partial charge is 0.496 e. The average molecular weight is 498 g/mol. The molecule has 0 saturated carbocycles. The summed E-state index contributed by atoms with van der Waals surface area (Å²) < 4.78 is 13.1. The van der Waals surface area contributed by atoms with Crippen LogP contribution in [0.1, 0.15) is 50.7 Å². The molecule has 0 unspecified atom stereocenters. The standard InChI is InChI=1S/C26H39N7O3/c1-4-5-10-32(11-12-34)24-23-21(29-25(27)30-24)18-33(31-23)17-20-7-6-19(15-22(20)35-3)16-28-26(2)8-13-36-14-9-26/h6-7,15,18,28,34H,4-5,8-14,16-17H2,1-3H3,(H2,27,29). The lowest BCUT2D eigenvalue weighted by Gasteiger charge is -2.34. The fraction of sp³-hybridized carbons (Fsp3) is 0.577. The maximum atomic E-state index is 9.58. The smallest absolute Gasteiger partial charge is 0.222 e. The number of benzene rings is 1. The number of aliphatic hydroxyl groups excluding tert-OH is 1. The molecule has 1 aromatic carbocycles. The van der Waals surface area contributed by atoms with E-state index in [2.05, 4.69) is 47.3 Å². The first-order valence-electron chi connectivity index (χ1n) is 12.8. The van der Waals surface area contributed by atoms with Crippen LogP contribution in [0.3, 0.4) is 0 Å². The van der Waals surface area contributed by atoms with Crippen LogP contribution >= 0.6 is 0 Å². The summed E-state index contributed by atoms with van der Waals surface area (Å²) in [7, 11) is 1.69. The molecule has 3 aromatic rings. The van der Waals surface area contributed by atoms with Gasteiger partial charge in [0.1, 0.15) is 11.3 Å². The van der Waals surface area contributed by atoms with Gasteiger partial charge >= 0.3 is 0 Å². The van der Waals surface area contributed by atoms with Gasteiger partial charge in [-0.3, -0.25) is 4.68 Å². The summed E-state index contributed by atoms with van der Waals surface area (Å²) in [6.45, 7) is 8.56. The molecule has 0 radical (unpaired) electrons. The number of nitrogens with two attached hydrogens (primary N) is 1. The molecule has 196 valence electrons. The van der Waals surface area contributed by atoms with Crippen molar-refractivity contribution in [3.05, 3.63) is 35.5 Å². The number of unbranched alkanes of at least 4 members (excludes halogenated alkanes) is 1. The number of hydrogen-bond acceptors (Lipinski definition) is 9. The Hall–Kier alpha value is -2.95. The van der Waals surface area contributed by atoms with Crippen molar-refractivity contribution in [1.29, 1.82) is 0 Å². The van der Waals surface area contributed by atoms with Crippen molar-refractivity contribution < 1.29 is 14.6 Å². The quantitative estimate of drug-likeness (QED) is 0.346. The van der Waals surface area contributed by atoms with Gasteiger partial charge in [-0.15, -0.1) is 0 Å². The maximum absolute atomic E-state index is 9.58. The van der Waals surface area contributed by atoms with E-state index in [0.29, 0.717) is 29.9 Å². The zero-order valence-electron chi connectivity index (χ0n) is 21.7. The van der Waals surface area contributed by atoms with Gasteiger partial charge in [-0.05, 0) is 37.8 Å². The van der Waals surface area contributed by atoms with Crippen LogP contribution in [0.4, 0.5) is 11.8 Å². The molecule has 0 spiro atoms. The van der Waals surface area contributed by atoms with Gasteiger partial charge in [-0.25, -0.2) is 4.98 Å². The number of nitrogens with one attached hydrogen (secondary N) is 1. The van der Waals surface area contributed by atoms with E-state index in [-0.39, 0.29) is 18.1 Å². The topological polar surface area (TPSA) is 124 Å². The highest BCUT2D eigenvalue weighted by atomic mass is 16.5. The summed E-state index contributed by atoms with van der Waals surface area (Å²) in [5.74, 6) is 1.68. The number of nitrogen functional groups attached to an aromatic ring is 1. The molecule has 10 heteroatoms. The molecule has 4 N–H and O–H groups in total. The number of ether oxygens (including phenoxy) is 2. The fourth-order valence-corrected chi connectivity index (χ4v) is 4.57. The lowest BCUT2D eigenvalue weighted by atomic mass is 9.92. The Labute approximate surface area is 212 Å². The van der Waals surface area contributed by atoms with Gasteiger partial charge in [0.2, 0.25) is 5.95 Å². The Morgan fingerprint density at radius 3 is 2.78 bits per heavy atom. The first kappa shape index (κ1) is 26.1. The summed E-state index contributed by atoms with van der Waals surface area (Å²) in [5.41, 5.74) is 9.67. The van der Waals surface area contributed by atoms with Crippen molar-refractivity contribution in [1.82, 2.24) is 25.1 Å². The average Bonchev–Trinajstić information content (AvgIpc) is 3.28. The molecule has 0 aliphatic carbocycles. The van der Waals surface area contributed by atoms with Crippen LogP contribution in [0.15, 0.2) is 24.4 Å². The molecule has 36 heavy (non-hydrogen) atoms. The van der Waals surface area contributed by atoms with Gasteiger partial charge in [0, 0.05) is 44.0 Å². The molecule has 0 amide bonds. The van der Waals surface area contributed by atoms with Crippen molar-refractivity contribution in [2.45, 2.75) is 58.2 Å².